The standard InChI is InChI=1S/C20H18F3N3O2S/c1-3-12-26-19(20(21,22)23)17(16-7-5-4-6-13(16)2)18(25-26)14-8-10-15(11-9-14)29(24,27)28/h3-12H,1-2H3,(H2,24,27,28). The maximum Gasteiger partial charge on any atom is 0.434 e. The van der Waals surface area contributed by atoms with Gasteiger partial charge < -0.3 is 0 Å². The summed E-state index contributed by atoms with van der Waals surface area (Å²) in [6, 6.07) is 12.0. The van der Waals surface area contributed by atoms with Gasteiger partial charge in [0, 0.05) is 17.3 Å². The number of rotatable bonds is 4. The summed E-state index contributed by atoms with van der Waals surface area (Å²) in [5.41, 5.74) is 0.490. The molecule has 0 bridgehead atoms. The minimum absolute atomic E-state index is 0.0722. The minimum Gasteiger partial charge on any atom is -0.235 e. The first kappa shape index (κ1) is 20.8. The number of hydrogen-bond donors (Lipinski definition) is 1. The molecule has 0 spiro atoms. The van der Waals surface area contributed by atoms with Crippen molar-refractivity contribution in [3.05, 3.63) is 65.9 Å². The van der Waals surface area contributed by atoms with E-state index in [1.165, 1.54) is 36.5 Å². The molecule has 152 valence electrons. The van der Waals surface area contributed by atoms with Gasteiger partial charge in [-0.2, -0.15) is 18.3 Å². The van der Waals surface area contributed by atoms with Gasteiger partial charge in [-0.15, -0.1) is 0 Å². The fourth-order valence-corrected chi connectivity index (χ4v) is 3.58. The number of nitrogens with zero attached hydrogens (tertiary/aromatic N) is 2. The maximum atomic E-state index is 14.0. The number of aryl methyl sites for hydroxylation is 1. The van der Waals surface area contributed by atoms with Crippen LogP contribution in [0.15, 0.2) is 59.5 Å². The topological polar surface area (TPSA) is 78.0 Å². The second-order valence-electron chi connectivity index (χ2n) is 6.38. The van der Waals surface area contributed by atoms with Crippen LogP contribution in [0, 0.1) is 6.92 Å². The van der Waals surface area contributed by atoms with Crippen LogP contribution < -0.4 is 5.14 Å². The van der Waals surface area contributed by atoms with Crippen LogP contribution in [0.3, 0.4) is 0 Å². The third-order valence-electron chi connectivity index (χ3n) is 4.34. The fraction of sp³-hybridized carbons (Fsp3) is 0.150. The molecule has 0 aliphatic carbocycles. The number of benzene rings is 2. The summed E-state index contributed by atoms with van der Waals surface area (Å²) in [6.45, 7) is 3.31. The number of hydrogen-bond acceptors (Lipinski definition) is 3. The molecule has 0 atom stereocenters. The van der Waals surface area contributed by atoms with Crippen molar-refractivity contribution in [3.63, 3.8) is 0 Å². The van der Waals surface area contributed by atoms with Crippen LogP contribution in [0.2, 0.25) is 0 Å². The monoisotopic (exact) mass is 421 g/mol. The molecule has 0 unspecified atom stereocenters. The van der Waals surface area contributed by atoms with Gasteiger partial charge in [-0.3, -0.25) is 0 Å². The molecule has 3 aromatic rings. The van der Waals surface area contributed by atoms with E-state index in [4.69, 9.17) is 5.14 Å². The van der Waals surface area contributed by atoms with Crippen molar-refractivity contribution in [2.24, 2.45) is 5.14 Å². The number of nitrogens with two attached hydrogens (primary N) is 1. The molecule has 0 saturated heterocycles. The van der Waals surface area contributed by atoms with Crippen molar-refractivity contribution >= 4 is 16.2 Å². The molecule has 0 radical (unpaired) electrons. The number of alkyl halides is 3. The molecule has 0 amide bonds. The summed E-state index contributed by atoms with van der Waals surface area (Å²) in [4.78, 5) is -0.136. The molecular weight excluding hydrogens is 403 g/mol. The Morgan fingerprint density at radius 1 is 1.07 bits per heavy atom. The van der Waals surface area contributed by atoms with Crippen molar-refractivity contribution < 1.29 is 21.6 Å². The van der Waals surface area contributed by atoms with E-state index in [9.17, 15) is 21.6 Å². The lowest BCUT2D eigenvalue weighted by atomic mass is 9.95. The van der Waals surface area contributed by atoms with E-state index in [0.29, 0.717) is 16.7 Å². The van der Waals surface area contributed by atoms with Crippen LogP contribution in [-0.2, 0) is 16.2 Å². The molecular formula is C20H18F3N3O2S. The second kappa shape index (κ2) is 7.49. The quantitative estimate of drug-likeness (QED) is 0.664. The van der Waals surface area contributed by atoms with E-state index in [1.807, 2.05) is 0 Å². The highest BCUT2D eigenvalue weighted by Gasteiger charge is 2.40. The summed E-state index contributed by atoms with van der Waals surface area (Å²) in [5.74, 6) is 0. The summed E-state index contributed by atoms with van der Waals surface area (Å²) in [7, 11) is -3.92. The Bertz CT molecular complexity index is 1180. The molecule has 1 aromatic heterocycles. The van der Waals surface area contributed by atoms with Crippen LogP contribution in [0.25, 0.3) is 28.6 Å². The van der Waals surface area contributed by atoms with Crippen molar-refractivity contribution in [3.8, 4) is 22.4 Å². The van der Waals surface area contributed by atoms with Crippen molar-refractivity contribution in [2.75, 3.05) is 0 Å². The van der Waals surface area contributed by atoms with Crippen LogP contribution in [0.1, 0.15) is 18.2 Å². The lowest BCUT2D eigenvalue weighted by Gasteiger charge is -2.13. The van der Waals surface area contributed by atoms with Crippen molar-refractivity contribution in [2.45, 2.75) is 24.9 Å². The molecule has 5 nitrogen and oxygen atoms in total. The average molecular weight is 421 g/mol. The van der Waals surface area contributed by atoms with Gasteiger partial charge in [-0.25, -0.2) is 18.2 Å². The Hall–Kier alpha value is -2.91. The number of sulfonamides is 1. The molecule has 0 fully saturated rings. The Kier molecular flexibility index (Phi) is 5.38. The zero-order valence-corrected chi connectivity index (χ0v) is 16.4. The molecule has 29 heavy (non-hydrogen) atoms. The fourth-order valence-electron chi connectivity index (χ4n) is 3.07. The second-order valence-corrected chi connectivity index (χ2v) is 7.94. The van der Waals surface area contributed by atoms with Crippen molar-refractivity contribution in [1.29, 1.82) is 0 Å². The third-order valence-corrected chi connectivity index (χ3v) is 5.27. The predicted octanol–water partition coefficient (Wildman–Crippen LogP) is 4.68. The van der Waals surface area contributed by atoms with Crippen molar-refractivity contribution in [1.82, 2.24) is 9.78 Å². The SMILES string of the molecule is CC=Cn1nc(-c2ccc(S(N)(=O)=O)cc2)c(-c2ccccc2C)c1C(F)(F)F. The van der Waals surface area contributed by atoms with Gasteiger partial charge in [0.15, 0.2) is 5.69 Å². The van der Waals surface area contributed by atoms with Crippen LogP contribution in [0.4, 0.5) is 13.2 Å². The Labute approximate surface area is 166 Å². The van der Waals surface area contributed by atoms with Crippen LogP contribution in [-0.4, -0.2) is 18.2 Å². The smallest absolute Gasteiger partial charge is 0.235 e. The third kappa shape index (κ3) is 4.10. The van der Waals surface area contributed by atoms with Crippen LogP contribution in [0.5, 0.6) is 0 Å². The van der Waals surface area contributed by atoms with Gasteiger partial charge in [-0.1, -0.05) is 42.5 Å². The van der Waals surface area contributed by atoms with E-state index in [1.54, 1.807) is 38.1 Å². The van der Waals surface area contributed by atoms with Gasteiger partial charge in [0.2, 0.25) is 10.0 Å². The number of halogens is 3. The van der Waals surface area contributed by atoms with E-state index in [-0.39, 0.29) is 16.2 Å². The summed E-state index contributed by atoms with van der Waals surface area (Å²) < 4.78 is 65.8. The zero-order valence-electron chi connectivity index (χ0n) is 15.6. The highest BCUT2D eigenvalue weighted by molar-refractivity contribution is 7.89. The molecule has 9 heteroatoms. The highest BCUT2D eigenvalue weighted by atomic mass is 32.2. The Morgan fingerprint density at radius 2 is 1.69 bits per heavy atom. The summed E-state index contributed by atoms with van der Waals surface area (Å²) in [5, 5.41) is 9.28. The van der Waals surface area contributed by atoms with Crippen LogP contribution >= 0.6 is 0 Å². The number of primary sulfonamides is 1. The lowest BCUT2D eigenvalue weighted by Crippen LogP contribution is -2.12. The van der Waals surface area contributed by atoms with Gasteiger partial charge in [-0.05, 0) is 37.1 Å². The molecule has 2 N–H and O–H groups in total. The molecule has 0 aliphatic heterocycles. The molecule has 0 saturated carbocycles. The average Bonchev–Trinajstić information content (AvgIpc) is 3.01. The highest BCUT2D eigenvalue weighted by Crippen LogP contribution is 2.43. The molecule has 0 aliphatic rings. The van der Waals surface area contributed by atoms with Gasteiger partial charge in [0.25, 0.3) is 0 Å². The molecule has 3 rings (SSSR count). The first-order valence-corrected chi connectivity index (χ1v) is 10.1. The van der Waals surface area contributed by atoms with E-state index in [0.717, 1.165) is 4.68 Å². The van der Waals surface area contributed by atoms with Gasteiger partial charge in [0.1, 0.15) is 5.69 Å². The predicted molar refractivity (Wildman–Crippen MR) is 105 cm³/mol. The first-order chi connectivity index (χ1) is 13.5. The van der Waals surface area contributed by atoms with E-state index in [2.05, 4.69) is 5.10 Å². The van der Waals surface area contributed by atoms with E-state index < -0.39 is 21.9 Å². The molecule has 2 aromatic carbocycles. The lowest BCUT2D eigenvalue weighted by molar-refractivity contribution is -0.142. The Morgan fingerprint density at radius 3 is 2.21 bits per heavy atom. The maximum absolute atomic E-state index is 14.0. The Balaban J connectivity index is 2.37. The minimum atomic E-state index is -4.66. The van der Waals surface area contributed by atoms with E-state index >= 15 is 0 Å². The first-order valence-electron chi connectivity index (χ1n) is 8.55. The number of allylic oxidation sites excluding steroid dienone is 1. The summed E-state index contributed by atoms with van der Waals surface area (Å²) >= 11 is 0. The summed E-state index contributed by atoms with van der Waals surface area (Å²) in [6.07, 6.45) is -1.98. The zero-order chi connectivity index (χ0) is 21.4. The molecule has 1 heterocycles. The van der Waals surface area contributed by atoms with Gasteiger partial charge >= 0.3 is 6.18 Å². The van der Waals surface area contributed by atoms with Gasteiger partial charge in [0.05, 0.1) is 4.90 Å². The normalized spacial score (nSPS) is 12.6. The largest absolute Gasteiger partial charge is 0.434 e. The number of aromatic nitrogens is 2.